The van der Waals surface area contributed by atoms with E-state index in [9.17, 15) is 24.5 Å². The molecule has 160 valence electrons. The van der Waals surface area contributed by atoms with Gasteiger partial charge in [-0.3, -0.25) is 24.5 Å². The summed E-state index contributed by atoms with van der Waals surface area (Å²) in [4.78, 5) is 48.8. The molecule has 0 bridgehead atoms. The zero-order valence-electron chi connectivity index (χ0n) is 16.3. The lowest BCUT2D eigenvalue weighted by Crippen LogP contribution is -2.41. The van der Waals surface area contributed by atoms with Crippen LogP contribution in [-0.4, -0.2) is 60.1 Å². The van der Waals surface area contributed by atoms with E-state index in [-0.39, 0.29) is 22.8 Å². The van der Waals surface area contributed by atoms with Crippen LogP contribution in [0.4, 0.5) is 11.4 Å². The molecule has 0 aliphatic carbocycles. The minimum Gasteiger partial charge on any atom is -0.378 e. The van der Waals surface area contributed by atoms with Crippen molar-refractivity contribution in [1.29, 1.82) is 0 Å². The highest BCUT2D eigenvalue weighted by molar-refractivity contribution is 6.40. The van der Waals surface area contributed by atoms with Crippen LogP contribution in [0.3, 0.4) is 0 Å². The van der Waals surface area contributed by atoms with Crippen LogP contribution in [0.15, 0.2) is 53.6 Å². The number of hydrogen-bond acceptors (Lipinski definition) is 7. The summed E-state index contributed by atoms with van der Waals surface area (Å²) >= 11 is 0. The second kappa shape index (κ2) is 10.1. The molecule has 3 amide bonds. The summed E-state index contributed by atoms with van der Waals surface area (Å²) in [6, 6.07) is 12.0. The van der Waals surface area contributed by atoms with Crippen molar-refractivity contribution in [3.05, 3.63) is 69.8 Å². The third kappa shape index (κ3) is 5.70. The van der Waals surface area contributed by atoms with Gasteiger partial charge in [-0.05, 0) is 12.1 Å². The number of nitrogens with one attached hydrogen (secondary N) is 2. The maximum atomic E-state index is 12.7. The third-order valence-electron chi connectivity index (χ3n) is 4.37. The van der Waals surface area contributed by atoms with Crippen molar-refractivity contribution in [1.82, 2.24) is 10.3 Å². The molecule has 1 aliphatic rings. The smallest absolute Gasteiger partial charge is 0.329 e. The topological polar surface area (TPSA) is 143 Å². The number of nitro benzene ring substituents is 1. The molecular weight excluding hydrogens is 406 g/mol. The Morgan fingerprint density at radius 1 is 1.06 bits per heavy atom. The van der Waals surface area contributed by atoms with Gasteiger partial charge in [-0.15, -0.1) is 0 Å². The molecule has 0 aromatic heterocycles. The first kappa shape index (κ1) is 21.6. The van der Waals surface area contributed by atoms with Gasteiger partial charge in [0.15, 0.2) is 0 Å². The molecule has 1 heterocycles. The van der Waals surface area contributed by atoms with Gasteiger partial charge < -0.3 is 15.0 Å². The van der Waals surface area contributed by atoms with Gasteiger partial charge in [0.25, 0.3) is 11.6 Å². The lowest BCUT2D eigenvalue weighted by atomic mass is 10.1. The van der Waals surface area contributed by atoms with E-state index in [1.165, 1.54) is 30.5 Å². The summed E-state index contributed by atoms with van der Waals surface area (Å²) in [5, 5.41) is 16.8. The van der Waals surface area contributed by atoms with E-state index in [4.69, 9.17) is 4.74 Å². The van der Waals surface area contributed by atoms with E-state index < -0.39 is 16.7 Å². The largest absolute Gasteiger partial charge is 0.378 e. The maximum absolute atomic E-state index is 12.7. The van der Waals surface area contributed by atoms with Crippen LogP contribution in [0.25, 0.3) is 0 Å². The zero-order chi connectivity index (χ0) is 22.2. The Kier molecular flexibility index (Phi) is 7.01. The fourth-order valence-electron chi connectivity index (χ4n) is 2.83. The van der Waals surface area contributed by atoms with Gasteiger partial charge in [0.2, 0.25) is 0 Å². The molecule has 11 heteroatoms. The van der Waals surface area contributed by atoms with Gasteiger partial charge in [-0.1, -0.05) is 24.3 Å². The Morgan fingerprint density at radius 2 is 1.81 bits per heavy atom. The summed E-state index contributed by atoms with van der Waals surface area (Å²) in [7, 11) is 0. The summed E-state index contributed by atoms with van der Waals surface area (Å²) in [5.41, 5.74) is 2.74. The van der Waals surface area contributed by atoms with E-state index in [1.54, 1.807) is 29.2 Å². The fourth-order valence-corrected chi connectivity index (χ4v) is 2.83. The molecule has 31 heavy (non-hydrogen) atoms. The first-order valence-electron chi connectivity index (χ1n) is 9.30. The van der Waals surface area contributed by atoms with Gasteiger partial charge in [0.05, 0.1) is 35.6 Å². The van der Waals surface area contributed by atoms with E-state index in [2.05, 4.69) is 10.4 Å². The highest BCUT2D eigenvalue weighted by Crippen LogP contribution is 2.18. The van der Waals surface area contributed by atoms with Crippen molar-refractivity contribution in [3.63, 3.8) is 0 Å². The molecule has 2 aromatic rings. The second-order valence-corrected chi connectivity index (χ2v) is 6.46. The number of anilines is 1. The van der Waals surface area contributed by atoms with Crippen molar-refractivity contribution >= 4 is 35.3 Å². The molecule has 1 saturated heterocycles. The van der Waals surface area contributed by atoms with Crippen molar-refractivity contribution in [2.24, 2.45) is 5.10 Å². The predicted molar refractivity (Wildman–Crippen MR) is 111 cm³/mol. The van der Waals surface area contributed by atoms with E-state index >= 15 is 0 Å². The monoisotopic (exact) mass is 425 g/mol. The Labute approximate surface area is 176 Å². The second-order valence-electron chi connectivity index (χ2n) is 6.46. The molecule has 2 aromatic carbocycles. The third-order valence-corrected chi connectivity index (χ3v) is 4.37. The maximum Gasteiger partial charge on any atom is 0.329 e. The normalized spacial score (nSPS) is 13.6. The van der Waals surface area contributed by atoms with Crippen molar-refractivity contribution in [3.8, 4) is 0 Å². The van der Waals surface area contributed by atoms with Crippen LogP contribution in [0, 0.1) is 10.1 Å². The average molecular weight is 425 g/mol. The highest BCUT2D eigenvalue weighted by atomic mass is 16.6. The number of carbonyl (C=O) groups is 3. The number of amides is 3. The van der Waals surface area contributed by atoms with E-state index in [1.807, 2.05) is 5.43 Å². The van der Waals surface area contributed by atoms with E-state index in [0.29, 0.717) is 31.9 Å². The van der Waals surface area contributed by atoms with Gasteiger partial charge in [-0.2, -0.15) is 5.10 Å². The molecule has 0 atom stereocenters. The number of hydrogen-bond donors (Lipinski definition) is 2. The molecule has 0 spiro atoms. The first-order valence-corrected chi connectivity index (χ1v) is 9.30. The minimum atomic E-state index is -1.06. The van der Waals surface area contributed by atoms with Crippen molar-refractivity contribution in [2.75, 3.05) is 31.6 Å². The molecule has 11 nitrogen and oxygen atoms in total. The molecule has 0 unspecified atom stereocenters. The summed E-state index contributed by atoms with van der Waals surface area (Å²) in [5.74, 6) is -2.35. The zero-order valence-corrected chi connectivity index (χ0v) is 16.3. The minimum absolute atomic E-state index is 0.130. The molecule has 1 fully saturated rings. The van der Waals surface area contributed by atoms with Gasteiger partial charge >= 0.3 is 11.8 Å². The van der Waals surface area contributed by atoms with Crippen molar-refractivity contribution in [2.45, 2.75) is 0 Å². The van der Waals surface area contributed by atoms with Gasteiger partial charge in [0, 0.05) is 30.8 Å². The van der Waals surface area contributed by atoms with Gasteiger partial charge in [-0.25, -0.2) is 5.43 Å². The van der Waals surface area contributed by atoms with Crippen LogP contribution in [0.5, 0.6) is 0 Å². The number of para-hydroxylation sites is 1. The number of benzene rings is 2. The number of hydrazone groups is 1. The van der Waals surface area contributed by atoms with Crippen LogP contribution in [0.2, 0.25) is 0 Å². The fraction of sp³-hybridized carbons (Fsp3) is 0.200. The molecular formula is C20H19N5O6. The van der Waals surface area contributed by atoms with Crippen LogP contribution in [-0.2, 0) is 14.3 Å². The lowest BCUT2D eigenvalue weighted by Gasteiger charge is -2.27. The lowest BCUT2D eigenvalue weighted by molar-refractivity contribution is -0.384. The summed E-state index contributed by atoms with van der Waals surface area (Å²) < 4.78 is 5.24. The molecule has 0 saturated carbocycles. The number of carbonyl (C=O) groups excluding carboxylic acids is 3. The van der Waals surface area contributed by atoms with Gasteiger partial charge in [0.1, 0.15) is 0 Å². The number of ether oxygens (including phenoxy) is 1. The Balaban J connectivity index is 1.62. The number of nitrogens with zero attached hydrogens (tertiary/aromatic N) is 3. The van der Waals surface area contributed by atoms with Crippen LogP contribution < -0.4 is 10.7 Å². The summed E-state index contributed by atoms with van der Waals surface area (Å²) in [6.07, 6.45) is 1.17. The molecule has 1 aliphatic heterocycles. The van der Waals surface area contributed by atoms with Crippen LogP contribution in [0.1, 0.15) is 15.9 Å². The first-order chi connectivity index (χ1) is 15.0. The number of non-ortho nitro benzene ring substituents is 1. The molecule has 2 N–H and O–H groups in total. The number of morpholine rings is 1. The predicted octanol–water partition coefficient (Wildman–Crippen LogP) is 1.16. The quantitative estimate of drug-likeness (QED) is 0.318. The Morgan fingerprint density at radius 3 is 2.55 bits per heavy atom. The standard InChI is InChI=1S/C20H19N5O6/c26-18(19(27)23-21-13-14-4-3-5-15(12-14)25(29)30)22-17-7-2-1-6-16(17)20(28)24-8-10-31-11-9-24/h1-7,12-13H,8-11H2,(H,22,26)(H,23,27). The van der Waals surface area contributed by atoms with Crippen LogP contribution >= 0.6 is 0 Å². The Bertz CT molecular complexity index is 1030. The highest BCUT2D eigenvalue weighted by Gasteiger charge is 2.22. The molecule has 0 radical (unpaired) electrons. The average Bonchev–Trinajstić information content (AvgIpc) is 2.79. The number of nitro groups is 1. The number of rotatable bonds is 5. The Hall–Kier alpha value is -4.12. The van der Waals surface area contributed by atoms with E-state index in [0.717, 1.165) is 0 Å². The van der Waals surface area contributed by atoms with Crippen molar-refractivity contribution < 1.29 is 24.0 Å². The SMILES string of the molecule is O=C(NN=Cc1cccc([N+](=O)[O-])c1)C(=O)Nc1ccccc1C(=O)N1CCOCC1. The summed E-state index contributed by atoms with van der Waals surface area (Å²) in [6.45, 7) is 1.75. The molecule has 3 rings (SSSR count).